The van der Waals surface area contributed by atoms with Crippen LogP contribution in [0.3, 0.4) is 0 Å². The van der Waals surface area contributed by atoms with Gasteiger partial charge in [-0.1, -0.05) is 45.4 Å². The van der Waals surface area contributed by atoms with Gasteiger partial charge >= 0.3 is 0 Å². The van der Waals surface area contributed by atoms with E-state index in [0.717, 1.165) is 21.3 Å². The van der Waals surface area contributed by atoms with Crippen molar-refractivity contribution in [3.63, 3.8) is 0 Å². The van der Waals surface area contributed by atoms with Gasteiger partial charge in [-0.3, -0.25) is 0 Å². The lowest BCUT2D eigenvalue weighted by Gasteiger charge is -2.04. The number of nitrogens with two attached hydrogens (primary N) is 2. The molecule has 0 saturated heterocycles. The molecular formula is C15H14BrN5. The maximum Gasteiger partial charge on any atom is 0.155 e. The molecule has 0 spiro atoms. The van der Waals surface area contributed by atoms with Crippen LogP contribution in [0.15, 0.2) is 53.0 Å². The summed E-state index contributed by atoms with van der Waals surface area (Å²) >= 11 is 3.41. The van der Waals surface area contributed by atoms with Crippen molar-refractivity contribution in [3.8, 4) is 16.9 Å². The molecule has 0 aliphatic carbocycles. The first kappa shape index (κ1) is 13.8. The van der Waals surface area contributed by atoms with Gasteiger partial charge in [0.05, 0.1) is 5.69 Å². The van der Waals surface area contributed by atoms with E-state index in [1.807, 2.05) is 48.5 Å². The first-order valence-corrected chi connectivity index (χ1v) is 7.25. The average Bonchev–Trinajstić information content (AvgIpc) is 2.90. The van der Waals surface area contributed by atoms with Gasteiger partial charge in [-0.05, 0) is 29.8 Å². The molecule has 3 aromatic rings. The molecule has 106 valence electrons. The van der Waals surface area contributed by atoms with Crippen molar-refractivity contribution < 1.29 is 0 Å². The number of hydrogen-bond acceptors (Lipinski definition) is 4. The van der Waals surface area contributed by atoms with Gasteiger partial charge < -0.3 is 11.5 Å². The highest BCUT2D eigenvalue weighted by molar-refractivity contribution is 9.10. The van der Waals surface area contributed by atoms with Gasteiger partial charge in [0, 0.05) is 16.6 Å². The molecule has 0 unspecified atom stereocenters. The molecule has 0 saturated carbocycles. The van der Waals surface area contributed by atoms with E-state index in [2.05, 4.69) is 26.2 Å². The van der Waals surface area contributed by atoms with Crippen molar-refractivity contribution in [1.29, 1.82) is 0 Å². The Morgan fingerprint density at radius 2 is 1.67 bits per heavy atom. The van der Waals surface area contributed by atoms with E-state index < -0.39 is 0 Å². The average molecular weight is 344 g/mol. The van der Waals surface area contributed by atoms with Crippen LogP contribution in [0, 0.1) is 0 Å². The van der Waals surface area contributed by atoms with Crippen molar-refractivity contribution in [2.45, 2.75) is 6.54 Å². The molecule has 0 atom stereocenters. The molecule has 6 heteroatoms. The van der Waals surface area contributed by atoms with Crippen LogP contribution in [0.25, 0.3) is 16.9 Å². The summed E-state index contributed by atoms with van der Waals surface area (Å²) < 4.78 is 2.63. The van der Waals surface area contributed by atoms with Gasteiger partial charge in [-0.15, -0.1) is 5.10 Å². The van der Waals surface area contributed by atoms with Crippen LogP contribution in [0.2, 0.25) is 0 Å². The second-order valence-corrected chi connectivity index (χ2v) is 5.53. The second-order valence-electron chi connectivity index (χ2n) is 4.61. The van der Waals surface area contributed by atoms with Gasteiger partial charge in [-0.25, -0.2) is 0 Å². The Morgan fingerprint density at radius 1 is 1.00 bits per heavy atom. The second kappa shape index (κ2) is 5.67. The Bertz CT molecular complexity index is 747. The van der Waals surface area contributed by atoms with E-state index in [1.165, 1.54) is 0 Å². The predicted molar refractivity (Wildman–Crippen MR) is 86.8 cm³/mol. The molecule has 0 amide bonds. The van der Waals surface area contributed by atoms with E-state index in [1.54, 1.807) is 4.68 Å². The van der Waals surface area contributed by atoms with E-state index in [9.17, 15) is 0 Å². The summed E-state index contributed by atoms with van der Waals surface area (Å²) in [6, 6.07) is 15.6. The minimum Gasteiger partial charge on any atom is -0.382 e. The third-order valence-electron chi connectivity index (χ3n) is 3.24. The predicted octanol–water partition coefficient (Wildman–Crippen LogP) is 2.74. The molecule has 1 heterocycles. The summed E-state index contributed by atoms with van der Waals surface area (Å²) in [6.45, 7) is 0.515. The third kappa shape index (κ3) is 2.68. The SMILES string of the molecule is NCc1ccc(-c2nnn(-c3ccc(Br)cc3)c2N)cc1. The summed E-state index contributed by atoms with van der Waals surface area (Å²) in [4.78, 5) is 0. The number of anilines is 1. The van der Waals surface area contributed by atoms with Crippen molar-refractivity contribution in [2.24, 2.45) is 5.73 Å². The maximum atomic E-state index is 6.18. The zero-order valence-electron chi connectivity index (χ0n) is 11.2. The Labute approximate surface area is 130 Å². The summed E-state index contributed by atoms with van der Waals surface area (Å²) in [7, 11) is 0. The minimum atomic E-state index is 0.512. The van der Waals surface area contributed by atoms with Crippen molar-refractivity contribution in [2.75, 3.05) is 5.73 Å². The van der Waals surface area contributed by atoms with Crippen LogP contribution >= 0.6 is 15.9 Å². The van der Waals surface area contributed by atoms with Gasteiger partial charge in [0.1, 0.15) is 5.69 Å². The fourth-order valence-corrected chi connectivity index (χ4v) is 2.33. The largest absolute Gasteiger partial charge is 0.382 e. The lowest BCUT2D eigenvalue weighted by molar-refractivity contribution is 0.810. The Balaban J connectivity index is 2.00. The number of nitrogen functional groups attached to an aromatic ring is 1. The molecule has 3 rings (SSSR count). The van der Waals surface area contributed by atoms with Crippen LogP contribution < -0.4 is 11.5 Å². The minimum absolute atomic E-state index is 0.512. The fraction of sp³-hybridized carbons (Fsp3) is 0.0667. The molecular weight excluding hydrogens is 330 g/mol. The number of halogens is 1. The topological polar surface area (TPSA) is 82.8 Å². The van der Waals surface area contributed by atoms with E-state index >= 15 is 0 Å². The standard InChI is InChI=1S/C15H14BrN5/c16-12-5-7-13(8-6-12)21-15(18)14(19-20-21)11-3-1-10(9-17)2-4-11/h1-8H,9,17-18H2. The highest BCUT2D eigenvalue weighted by atomic mass is 79.9. The van der Waals surface area contributed by atoms with E-state index in [0.29, 0.717) is 18.1 Å². The summed E-state index contributed by atoms with van der Waals surface area (Å²) in [5, 5.41) is 8.32. The lowest BCUT2D eigenvalue weighted by Crippen LogP contribution is -2.02. The highest BCUT2D eigenvalue weighted by Gasteiger charge is 2.12. The van der Waals surface area contributed by atoms with Crippen LogP contribution in [-0.4, -0.2) is 15.0 Å². The summed E-state index contributed by atoms with van der Waals surface area (Å²) in [6.07, 6.45) is 0. The Hall–Kier alpha value is -2.18. The van der Waals surface area contributed by atoms with Crippen molar-refractivity contribution >= 4 is 21.7 Å². The Morgan fingerprint density at radius 3 is 2.29 bits per heavy atom. The molecule has 0 radical (unpaired) electrons. The van der Waals surface area contributed by atoms with Crippen molar-refractivity contribution in [3.05, 3.63) is 58.6 Å². The monoisotopic (exact) mass is 343 g/mol. The summed E-state index contributed by atoms with van der Waals surface area (Å²) in [5.41, 5.74) is 15.3. The lowest BCUT2D eigenvalue weighted by atomic mass is 10.1. The molecule has 0 bridgehead atoms. The Kier molecular flexibility index (Phi) is 3.72. The molecule has 0 fully saturated rings. The highest BCUT2D eigenvalue weighted by Crippen LogP contribution is 2.26. The molecule has 0 aliphatic heterocycles. The molecule has 0 aliphatic rings. The van der Waals surface area contributed by atoms with Crippen LogP contribution in [-0.2, 0) is 6.54 Å². The zero-order chi connectivity index (χ0) is 14.8. The smallest absolute Gasteiger partial charge is 0.155 e. The maximum absolute atomic E-state index is 6.18. The molecule has 1 aromatic heterocycles. The van der Waals surface area contributed by atoms with Crippen molar-refractivity contribution in [1.82, 2.24) is 15.0 Å². The molecule has 4 N–H and O–H groups in total. The normalized spacial score (nSPS) is 10.8. The summed E-state index contributed by atoms with van der Waals surface area (Å²) in [5.74, 6) is 0.512. The van der Waals surface area contributed by atoms with E-state index in [-0.39, 0.29) is 0 Å². The van der Waals surface area contributed by atoms with Crippen LogP contribution in [0.4, 0.5) is 5.82 Å². The van der Waals surface area contributed by atoms with Gasteiger partial charge in [0.15, 0.2) is 5.82 Å². The van der Waals surface area contributed by atoms with Crippen LogP contribution in [0.1, 0.15) is 5.56 Å². The fourth-order valence-electron chi connectivity index (χ4n) is 2.07. The number of hydrogen-bond donors (Lipinski definition) is 2. The molecule has 21 heavy (non-hydrogen) atoms. The van der Waals surface area contributed by atoms with Gasteiger partial charge in [0.25, 0.3) is 0 Å². The molecule has 2 aromatic carbocycles. The number of aromatic nitrogens is 3. The zero-order valence-corrected chi connectivity index (χ0v) is 12.8. The number of rotatable bonds is 3. The first-order chi connectivity index (χ1) is 10.2. The number of benzene rings is 2. The van der Waals surface area contributed by atoms with Gasteiger partial charge in [-0.2, -0.15) is 4.68 Å². The quantitative estimate of drug-likeness (QED) is 0.765. The number of nitrogens with zero attached hydrogens (tertiary/aromatic N) is 3. The molecule has 5 nitrogen and oxygen atoms in total. The third-order valence-corrected chi connectivity index (χ3v) is 3.77. The van der Waals surface area contributed by atoms with Crippen LogP contribution in [0.5, 0.6) is 0 Å². The van der Waals surface area contributed by atoms with E-state index in [4.69, 9.17) is 11.5 Å². The van der Waals surface area contributed by atoms with Gasteiger partial charge in [0.2, 0.25) is 0 Å². The first-order valence-electron chi connectivity index (χ1n) is 6.45.